The monoisotopic (exact) mass is 320 g/mol. The molecule has 6 nitrogen and oxygen atoms in total. The van der Waals surface area contributed by atoms with Crippen LogP contribution in [0.25, 0.3) is 11.0 Å². The van der Waals surface area contributed by atoms with Crippen molar-refractivity contribution in [3.63, 3.8) is 0 Å². The van der Waals surface area contributed by atoms with Gasteiger partial charge in [0.2, 0.25) is 0 Å². The number of carbonyl (C=O) groups is 1. The van der Waals surface area contributed by atoms with Crippen LogP contribution >= 0.6 is 0 Å². The van der Waals surface area contributed by atoms with E-state index in [1.807, 2.05) is 13.8 Å². The summed E-state index contributed by atoms with van der Waals surface area (Å²) in [5.74, 6) is -0.0454. The highest BCUT2D eigenvalue weighted by molar-refractivity contribution is 5.81. The molecule has 0 amide bonds. The predicted molar refractivity (Wildman–Crippen MR) is 84.8 cm³/mol. The van der Waals surface area contributed by atoms with Crippen LogP contribution in [0.2, 0.25) is 0 Å². The largest absolute Gasteiger partial charge is 0.479 e. The third-order valence-electron chi connectivity index (χ3n) is 3.24. The lowest BCUT2D eigenvalue weighted by Crippen LogP contribution is -2.27. The molecule has 124 valence electrons. The summed E-state index contributed by atoms with van der Waals surface area (Å²) in [5, 5.41) is 0.823. The van der Waals surface area contributed by atoms with Crippen LogP contribution < -0.4 is 10.4 Å². The number of rotatable bonds is 7. The number of fused-ring (bicyclic) bond motifs is 1. The molecule has 1 aromatic heterocycles. The fraction of sp³-hybridized carbons (Fsp3) is 0.412. The molecule has 0 aliphatic heterocycles. The van der Waals surface area contributed by atoms with Gasteiger partial charge in [-0.25, -0.2) is 9.59 Å². The quantitative estimate of drug-likeness (QED) is 0.443. The van der Waals surface area contributed by atoms with Gasteiger partial charge in [0, 0.05) is 24.1 Å². The Balaban J connectivity index is 2.03. The van der Waals surface area contributed by atoms with Crippen molar-refractivity contribution in [3.8, 4) is 5.75 Å². The maximum Gasteiger partial charge on any atom is 0.347 e. The molecule has 0 saturated carbocycles. The van der Waals surface area contributed by atoms with Gasteiger partial charge >= 0.3 is 11.6 Å². The average molecular weight is 320 g/mol. The first-order valence-electron chi connectivity index (χ1n) is 7.46. The lowest BCUT2D eigenvalue weighted by molar-refractivity contribution is -0.152. The number of carbonyl (C=O) groups excluding carboxylic acids is 1. The Bertz CT molecular complexity index is 733. The van der Waals surface area contributed by atoms with E-state index in [2.05, 4.69) is 0 Å². The van der Waals surface area contributed by atoms with Crippen LogP contribution in [0.15, 0.2) is 33.5 Å². The van der Waals surface area contributed by atoms with Crippen molar-refractivity contribution in [1.29, 1.82) is 0 Å². The first kappa shape index (κ1) is 17.0. The van der Waals surface area contributed by atoms with E-state index in [-0.39, 0.29) is 6.61 Å². The summed E-state index contributed by atoms with van der Waals surface area (Å²) in [6, 6.07) is 6.53. The molecular formula is C17H20O6. The minimum absolute atomic E-state index is 0.187. The number of esters is 1. The van der Waals surface area contributed by atoms with Crippen LogP contribution in [0.1, 0.15) is 19.4 Å². The molecule has 2 rings (SSSR count). The van der Waals surface area contributed by atoms with Gasteiger partial charge in [-0.05, 0) is 38.5 Å². The maximum atomic E-state index is 11.8. The fourth-order valence-corrected chi connectivity index (χ4v) is 2.09. The minimum Gasteiger partial charge on any atom is -0.479 e. The smallest absolute Gasteiger partial charge is 0.347 e. The van der Waals surface area contributed by atoms with Crippen LogP contribution in [-0.4, -0.2) is 31.9 Å². The number of benzene rings is 1. The second-order valence-electron chi connectivity index (χ2n) is 5.03. The van der Waals surface area contributed by atoms with Gasteiger partial charge in [-0.1, -0.05) is 0 Å². The summed E-state index contributed by atoms with van der Waals surface area (Å²) in [7, 11) is 0. The molecule has 1 atom stereocenters. The minimum atomic E-state index is -0.773. The van der Waals surface area contributed by atoms with E-state index in [1.54, 1.807) is 25.1 Å². The van der Waals surface area contributed by atoms with Crippen LogP contribution in [0.4, 0.5) is 0 Å². The fourth-order valence-electron chi connectivity index (χ4n) is 2.09. The number of aryl methyl sites for hydroxylation is 1. The Kier molecular flexibility index (Phi) is 5.76. The number of ether oxygens (including phenoxy) is 3. The molecule has 0 unspecified atom stereocenters. The van der Waals surface area contributed by atoms with Gasteiger partial charge in [0.05, 0.1) is 6.61 Å². The van der Waals surface area contributed by atoms with Crippen molar-refractivity contribution in [2.75, 3.05) is 19.8 Å². The van der Waals surface area contributed by atoms with Crippen molar-refractivity contribution in [2.24, 2.45) is 0 Å². The zero-order valence-electron chi connectivity index (χ0n) is 13.5. The topological polar surface area (TPSA) is 75.0 Å². The summed E-state index contributed by atoms with van der Waals surface area (Å²) in [4.78, 5) is 23.2. The van der Waals surface area contributed by atoms with E-state index in [4.69, 9.17) is 18.6 Å². The summed E-state index contributed by atoms with van der Waals surface area (Å²) >= 11 is 0. The first-order valence-corrected chi connectivity index (χ1v) is 7.46. The molecule has 0 aliphatic rings. The molecule has 6 heteroatoms. The lowest BCUT2D eigenvalue weighted by atomic mass is 10.1. The van der Waals surface area contributed by atoms with Crippen molar-refractivity contribution in [3.05, 3.63) is 40.2 Å². The van der Waals surface area contributed by atoms with Gasteiger partial charge in [-0.15, -0.1) is 0 Å². The Morgan fingerprint density at radius 2 is 2.04 bits per heavy atom. The van der Waals surface area contributed by atoms with E-state index in [9.17, 15) is 9.59 Å². The van der Waals surface area contributed by atoms with Gasteiger partial charge < -0.3 is 18.6 Å². The normalized spacial score (nSPS) is 12.1. The van der Waals surface area contributed by atoms with Crippen molar-refractivity contribution in [1.82, 2.24) is 0 Å². The Morgan fingerprint density at radius 3 is 2.78 bits per heavy atom. The second-order valence-corrected chi connectivity index (χ2v) is 5.03. The highest BCUT2D eigenvalue weighted by atomic mass is 16.6. The van der Waals surface area contributed by atoms with Gasteiger partial charge in [0.25, 0.3) is 0 Å². The summed E-state index contributed by atoms with van der Waals surface area (Å²) in [6.45, 7) is 6.41. The molecule has 0 saturated heterocycles. The predicted octanol–water partition coefficient (Wildman–Crippen LogP) is 2.45. The van der Waals surface area contributed by atoms with Gasteiger partial charge in [-0.3, -0.25) is 0 Å². The summed E-state index contributed by atoms with van der Waals surface area (Å²) < 4.78 is 20.8. The molecule has 0 N–H and O–H groups in total. The third kappa shape index (κ3) is 4.56. The highest BCUT2D eigenvalue weighted by Crippen LogP contribution is 2.23. The maximum absolute atomic E-state index is 11.8. The van der Waals surface area contributed by atoms with E-state index >= 15 is 0 Å². The molecule has 0 aliphatic carbocycles. The second kappa shape index (κ2) is 7.78. The third-order valence-corrected chi connectivity index (χ3v) is 3.24. The van der Waals surface area contributed by atoms with Crippen LogP contribution in [0, 0.1) is 6.92 Å². The zero-order chi connectivity index (χ0) is 16.8. The Hall–Kier alpha value is -2.34. The molecule has 0 spiro atoms. The van der Waals surface area contributed by atoms with Crippen LogP contribution in [0.3, 0.4) is 0 Å². The number of hydrogen-bond donors (Lipinski definition) is 0. The average Bonchev–Trinajstić information content (AvgIpc) is 2.50. The molecule has 1 aromatic carbocycles. The molecule has 23 heavy (non-hydrogen) atoms. The van der Waals surface area contributed by atoms with Crippen molar-refractivity contribution < 1.29 is 23.4 Å². The van der Waals surface area contributed by atoms with E-state index in [0.717, 1.165) is 10.9 Å². The van der Waals surface area contributed by atoms with E-state index in [1.165, 1.54) is 6.07 Å². The van der Waals surface area contributed by atoms with Crippen molar-refractivity contribution in [2.45, 2.75) is 26.9 Å². The van der Waals surface area contributed by atoms with Crippen LogP contribution in [0.5, 0.6) is 5.75 Å². The lowest BCUT2D eigenvalue weighted by Gasteiger charge is -2.14. The molecular weight excluding hydrogens is 300 g/mol. The van der Waals surface area contributed by atoms with Gasteiger partial charge in [0.15, 0.2) is 6.10 Å². The molecule has 2 aromatic rings. The number of hydrogen-bond acceptors (Lipinski definition) is 6. The summed E-state index contributed by atoms with van der Waals surface area (Å²) in [5.41, 5.74) is 0.825. The van der Waals surface area contributed by atoms with Crippen LogP contribution in [-0.2, 0) is 14.3 Å². The van der Waals surface area contributed by atoms with Gasteiger partial charge in [-0.2, -0.15) is 0 Å². The Labute approximate surface area is 134 Å². The Morgan fingerprint density at radius 1 is 1.26 bits per heavy atom. The van der Waals surface area contributed by atoms with E-state index in [0.29, 0.717) is 24.5 Å². The van der Waals surface area contributed by atoms with E-state index < -0.39 is 17.7 Å². The zero-order valence-corrected chi connectivity index (χ0v) is 13.5. The summed E-state index contributed by atoms with van der Waals surface area (Å²) in [6.07, 6.45) is -0.773. The molecule has 0 bridgehead atoms. The molecule has 0 fully saturated rings. The first-order chi connectivity index (χ1) is 11.0. The highest BCUT2D eigenvalue weighted by Gasteiger charge is 2.16. The SMILES string of the molecule is CCOCCOC(=O)[C@H](C)Oc1ccc2c(C)cc(=O)oc2c1. The van der Waals surface area contributed by atoms with Crippen molar-refractivity contribution >= 4 is 16.9 Å². The molecule has 1 heterocycles. The molecule has 0 radical (unpaired) electrons. The standard InChI is InChI=1S/C17H20O6/c1-4-20-7-8-21-17(19)12(3)22-13-5-6-14-11(2)9-16(18)23-15(14)10-13/h5-6,9-10,12H,4,7-8H2,1-3H3/t12-/m0/s1. The van der Waals surface area contributed by atoms with Gasteiger partial charge in [0.1, 0.15) is 17.9 Å².